The molecule has 0 aliphatic carbocycles. The van der Waals surface area contributed by atoms with E-state index in [1.807, 2.05) is 24.3 Å². The third kappa shape index (κ3) is 3.28. The lowest BCUT2D eigenvalue weighted by Crippen LogP contribution is -2.02. The predicted molar refractivity (Wildman–Crippen MR) is 67.5 cm³/mol. The first-order chi connectivity index (χ1) is 8.81. The normalized spacial score (nSPS) is 10.6. The van der Waals surface area contributed by atoms with Gasteiger partial charge in [-0.3, -0.25) is 0 Å². The van der Waals surface area contributed by atoms with Crippen molar-refractivity contribution in [3.8, 4) is 0 Å². The Hall–Kier alpha value is -1.92. The Morgan fingerprint density at radius 3 is 3.06 bits per heavy atom. The molecule has 3 N–H and O–H groups in total. The summed E-state index contributed by atoms with van der Waals surface area (Å²) in [5.41, 5.74) is 7.37. The van der Waals surface area contributed by atoms with Crippen LogP contribution in [0.25, 0.3) is 0 Å². The Labute approximate surface area is 105 Å². The average molecular weight is 248 g/mol. The molecule has 2 aromatic rings. The van der Waals surface area contributed by atoms with Crippen LogP contribution in [-0.4, -0.2) is 23.9 Å². The molecule has 2 rings (SSSR count). The molecule has 1 aromatic heterocycles. The van der Waals surface area contributed by atoms with Crippen LogP contribution in [0.4, 0.5) is 11.7 Å². The summed E-state index contributed by atoms with van der Waals surface area (Å²) in [6.45, 7) is 1.06. The van der Waals surface area contributed by atoms with Gasteiger partial charge in [0.15, 0.2) is 0 Å². The Balaban J connectivity index is 2.05. The maximum Gasteiger partial charge on any atom is 0.320 e. The fourth-order valence-electron chi connectivity index (χ4n) is 1.56. The van der Waals surface area contributed by atoms with Gasteiger partial charge in [-0.2, -0.15) is 0 Å². The van der Waals surface area contributed by atoms with Gasteiger partial charge in [0.05, 0.1) is 6.61 Å². The first-order valence-electron chi connectivity index (χ1n) is 5.69. The van der Waals surface area contributed by atoms with Crippen molar-refractivity contribution >= 4 is 11.7 Å². The molecule has 1 heterocycles. The molecule has 0 saturated carbocycles. The van der Waals surface area contributed by atoms with Crippen molar-refractivity contribution in [3.05, 3.63) is 35.7 Å². The van der Waals surface area contributed by atoms with Gasteiger partial charge in [0, 0.05) is 25.8 Å². The summed E-state index contributed by atoms with van der Waals surface area (Å²) in [7, 11) is 1.66. The third-order valence-electron chi connectivity index (χ3n) is 2.31. The first kappa shape index (κ1) is 12.5. The zero-order chi connectivity index (χ0) is 12.8. The highest BCUT2D eigenvalue weighted by Crippen LogP contribution is 2.17. The Kier molecular flexibility index (Phi) is 4.27. The van der Waals surface area contributed by atoms with E-state index in [0.29, 0.717) is 31.5 Å². The van der Waals surface area contributed by atoms with Crippen LogP contribution in [-0.2, 0) is 17.8 Å². The number of anilines is 2. The molecule has 6 nitrogen and oxygen atoms in total. The summed E-state index contributed by atoms with van der Waals surface area (Å²) in [6.07, 6.45) is 0.582. The van der Waals surface area contributed by atoms with Crippen LogP contribution in [0.2, 0.25) is 0 Å². The van der Waals surface area contributed by atoms with Gasteiger partial charge >= 0.3 is 6.01 Å². The Morgan fingerprint density at radius 2 is 2.28 bits per heavy atom. The number of nitrogens with zero attached hydrogens (tertiary/aromatic N) is 2. The topological polar surface area (TPSA) is 86.2 Å². The molecule has 6 heteroatoms. The molecule has 0 spiro atoms. The number of hydrogen-bond acceptors (Lipinski definition) is 6. The van der Waals surface area contributed by atoms with Gasteiger partial charge in [-0.15, -0.1) is 5.10 Å². The second kappa shape index (κ2) is 6.13. The van der Waals surface area contributed by atoms with E-state index >= 15 is 0 Å². The lowest BCUT2D eigenvalue weighted by atomic mass is 10.2. The van der Waals surface area contributed by atoms with Gasteiger partial charge in [-0.1, -0.05) is 17.2 Å². The summed E-state index contributed by atoms with van der Waals surface area (Å²) < 4.78 is 10.5. The minimum Gasteiger partial charge on any atom is -0.408 e. The van der Waals surface area contributed by atoms with Crippen LogP contribution in [0.3, 0.4) is 0 Å². The fraction of sp³-hybridized carbons (Fsp3) is 0.333. The molecule has 96 valence electrons. The first-order valence-corrected chi connectivity index (χ1v) is 5.69. The molecule has 0 aliphatic rings. The molecule has 0 amide bonds. The molecule has 0 fully saturated rings. The standard InChI is InChI=1S/C12H16N4O2/c1-17-8-9-3-2-4-10(7-9)14-12-16-15-11(18-12)5-6-13/h2-4,7H,5-6,8,13H2,1H3,(H,14,16). The SMILES string of the molecule is COCc1cccc(Nc2nnc(CCN)o2)c1. The fourth-order valence-corrected chi connectivity index (χ4v) is 1.56. The van der Waals surface area contributed by atoms with Crippen LogP contribution in [0.5, 0.6) is 0 Å². The lowest BCUT2D eigenvalue weighted by molar-refractivity contribution is 0.185. The summed E-state index contributed by atoms with van der Waals surface area (Å²) >= 11 is 0. The van der Waals surface area contributed by atoms with Crippen LogP contribution >= 0.6 is 0 Å². The molecule has 0 unspecified atom stereocenters. The quantitative estimate of drug-likeness (QED) is 0.804. The lowest BCUT2D eigenvalue weighted by Gasteiger charge is -2.04. The number of nitrogens with two attached hydrogens (primary N) is 1. The van der Waals surface area contributed by atoms with Crippen molar-refractivity contribution in [1.82, 2.24) is 10.2 Å². The monoisotopic (exact) mass is 248 g/mol. The summed E-state index contributed by atoms with van der Waals surface area (Å²) in [6, 6.07) is 8.19. The number of ether oxygens (including phenoxy) is 1. The van der Waals surface area contributed by atoms with Gasteiger partial charge < -0.3 is 20.2 Å². The van der Waals surface area contributed by atoms with Gasteiger partial charge in [0.25, 0.3) is 0 Å². The molecule has 0 atom stereocenters. The van der Waals surface area contributed by atoms with Crippen molar-refractivity contribution in [3.63, 3.8) is 0 Å². The molecular weight excluding hydrogens is 232 g/mol. The molecule has 1 aromatic carbocycles. The largest absolute Gasteiger partial charge is 0.408 e. The minimum absolute atomic E-state index is 0.369. The van der Waals surface area contributed by atoms with E-state index in [0.717, 1.165) is 11.3 Å². The van der Waals surface area contributed by atoms with E-state index < -0.39 is 0 Å². The van der Waals surface area contributed by atoms with Crippen molar-refractivity contribution in [2.45, 2.75) is 13.0 Å². The van der Waals surface area contributed by atoms with E-state index in [1.54, 1.807) is 7.11 Å². The molecule has 0 radical (unpaired) electrons. The highest BCUT2D eigenvalue weighted by atomic mass is 16.5. The maximum absolute atomic E-state index is 5.41. The summed E-state index contributed by atoms with van der Waals surface area (Å²) in [5, 5.41) is 10.8. The molecule has 0 bridgehead atoms. The second-order valence-corrected chi connectivity index (χ2v) is 3.80. The van der Waals surface area contributed by atoms with Crippen molar-refractivity contribution < 1.29 is 9.15 Å². The van der Waals surface area contributed by atoms with E-state index in [4.69, 9.17) is 14.9 Å². The Morgan fingerprint density at radius 1 is 1.39 bits per heavy atom. The number of methoxy groups -OCH3 is 1. The van der Waals surface area contributed by atoms with Crippen molar-refractivity contribution in [2.75, 3.05) is 19.0 Å². The van der Waals surface area contributed by atoms with Crippen LogP contribution in [0, 0.1) is 0 Å². The average Bonchev–Trinajstić information content (AvgIpc) is 2.78. The van der Waals surface area contributed by atoms with Gasteiger partial charge in [0.1, 0.15) is 0 Å². The van der Waals surface area contributed by atoms with Gasteiger partial charge in [-0.05, 0) is 17.7 Å². The zero-order valence-electron chi connectivity index (χ0n) is 10.2. The summed E-state index contributed by atoms with van der Waals surface area (Å²) in [4.78, 5) is 0. The zero-order valence-corrected chi connectivity index (χ0v) is 10.2. The highest BCUT2D eigenvalue weighted by molar-refractivity contribution is 5.52. The van der Waals surface area contributed by atoms with E-state index in [1.165, 1.54) is 0 Å². The number of rotatable bonds is 6. The van der Waals surface area contributed by atoms with Crippen molar-refractivity contribution in [2.24, 2.45) is 5.73 Å². The van der Waals surface area contributed by atoms with Crippen LogP contribution in [0.1, 0.15) is 11.5 Å². The van der Waals surface area contributed by atoms with E-state index in [-0.39, 0.29) is 0 Å². The van der Waals surface area contributed by atoms with Crippen LogP contribution in [0.15, 0.2) is 28.7 Å². The number of hydrogen-bond donors (Lipinski definition) is 2. The molecular formula is C12H16N4O2. The highest BCUT2D eigenvalue weighted by Gasteiger charge is 2.05. The molecule has 18 heavy (non-hydrogen) atoms. The predicted octanol–water partition coefficient (Wildman–Crippen LogP) is 1.46. The summed E-state index contributed by atoms with van der Waals surface area (Å²) in [5.74, 6) is 0.535. The van der Waals surface area contributed by atoms with Crippen LogP contribution < -0.4 is 11.1 Å². The molecule has 0 saturated heterocycles. The smallest absolute Gasteiger partial charge is 0.320 e. The van der Waals surface area contributed by atoms with E-state index in [2.05, 4.69) is 15.5 Å². The number of nitrogens with one attached hydrogen (secondary N) is 1. The Bertz CT molecular complexity index is 498. The minimum atomic E-state index is 0.369. The number of benzene rings is 1. The van der Waals surface area contributed by atoms with E-state index in [9.17, 15) is 0 Å². The third-order valence-corrected chi connectivity index (χ3v) is 2.31. The number of aromatic nitrogens is 2. The van der Waals surface area contributed by atoms with Crippen molar-refractivity contribution in [1.29, 1.82) is 0 Å². The van der Waals surface area contributed by atoms with Gasteiger partial charge in [0.2, 0.25) is 5.89 Å². The van der Waals surface area contributed by atoms with Gasteiger partial charge in [-0.25, -0.2) is 0 Å². The molecule has 0 aliphatic heterocycles. The second-order valence-electron chi connectivity index (χ2n) is 3.80. The maximum atomic E-state index is 5.41.